The zero-order chi connectivity index (χ0) is 11.0. The van der Waals surface area contributed by atoms with Gasteiger partial charge in [0.25, 0.3) is 0 Å². The number of hydrogen-bond acceptors (Lipinski definition) is 5. The third kappa shape index (κ3) is 1.80. The van der Waals surface area contributed by atoms with Crippen molar-refractivity contribution in [3.05, 3.63) is 11.8 Å². The number of H-pyrrole nitrogens is 1. The van der Waals surface area contributed by atoms with Gasteiger partial charge >= 0.3 is 0 Å². The molecule has 0 aliphatic carbocycles. The highest BCUT2D eigenvalue weighted by Gasteiger charge is 2.12. The summed E-state index contributed by atoms with van der Waals surface area (Å²) in [5, 5.41) is 7.78. The Morgan fingerprint density at radius 2 is 2.20 bits per heavy atom. The molecule has 0 aliphatic rings. The van der Waals surface area contributed by atoms with Crippen LogP contribution in [-0.4, -0.2) is 29.3 Å². The van der Waals surface area contributed by atoms with Gasteiger partial charge in [0.2, 0.25) is 0 Å². The number of hydrogen-bond donors (Lipinski definition) is 2. The maximum Gasteiger partial charge on any atom is 0.185 e. The monoisotopic (exact) mass is 223 g/mol. The fourth-order valence-electron chi connectivity index (χ4n) is 1.28. The van der Waals surface area contributed by atoms with Gasteiger partial charge in [-0.1, -0.05) is 11.3 Å². The number of nitrogens with zero attached hydrogens (tertiary/aromatic N) is 3. The SMILES string of the molecule is Cc1nc(N(C)C)sc1-c1cc(N)n[nH]1. The predicted octanol–water partition coefficient (Wildman–Crippen LogP) is 1.49. The molecule has 2 aromatic rings. The molecule has 0 saturated carbocycles. The molecule has 5 nitrogen and oxygen atoms in total. The molecule has 0 aliphatic heterocycles. The summed E-state index contributed by atoms with van der Waals surface area (Å²) < 4.78 is 0. The van der Waals surface area contributed by atoms with Gasteiger partial charge in [-0.15, -0.1) is 0 Å². The summed E-state index contributed by atoms with van der Waals surface area (Å²) in [6.45, 7) is 1.98. The molecule has 0 unspecified atom stereocenters. The molecule has 0 bridgehead atoms. The Bertz CT molecular complexity index is 471. The first-order valence-electron chi connectivity index (χ1n) is 4.54. The third-order valence-corrected chi connectivity index (χ3v) is 3.37. The molecule has 0 fully saturated rings. The maximum atomic E-state index is 5.56. The van der Waals surface area contributed by atoms with Gasteiger partial charge in [0.15, 0.2) is 5.13 Å². The van der Waals surface area contributed by atoms with Gasteiger partial charge in [-0.05, 0) is 6.92 Å². The Hall–Kier alpha value is -1.56. The van der Waals surface area contributed by atoms with Crippen LogP contribution >= 0.6 is 11.3 Å². The van der Waals surface area contributed by atoms with Crippen molar-refractivity contribution >= 4 is 22.3 Å². The summed E-state index contributed by atoms with van der Waals surface area (Å²) in [7, 11) is 3.95. The number of nitrogens with two attached hydrogens (primary N) is 1. The quantitative estimate of drug-likeness (QED) is 0.809. The lowest BCUT2D eigenvalue weighted by Gasteiger charge is -2.04. The Labute approximate surface area is 91.9 Å². The van der Waals surface area contributed by atoms with E-state index in [0.717, 1.165) is 21.4 Å². The van der Waals surface area contributed by atoms with Crippen molar-refractivity contribution in [2.45, 2.75) is 6.92 Å². The molecule has 2 aromatic heterocycles. The second-order valence-corrected chi connectivity index (χ2v) is 4.49. The van der Waals surface area contributed by atoms with Crippen LogP contribution in [0.5, 0.6) is 0 Å². The zero-order valence-corrected chi connectivity index (χ0v) is 9.72. The molecule has 2 heterocycles. The van der Waals surface area contributed by atoms with E-state index in [0.29, 0.717) is 5.82 Å². The van der Waals surface area contributed by atoms with E-state index < -0.39 is 0 Å². The number of rotatable bonds is 2. The second-order valence-electron chi connectivity index (χ2n) is 3.51. The molecule has 0 atom stereocenters. The van der Waals surface area contributed by atoms with Gasteiger partial charge in [-0.3, -0.25) is 5.10 Å². The first-order valence-corrected chi connectivity index (χ1v) is 5.35. The number of anilines is 2. The van der Waals surface area contributed by atoms with Crippen LogP contribution < -0.4 is 10.6 Å². The molecule has 2 rings (SSSR count). The third-order valence-electron chi connectivity index (χ3n) is 2.01. The highest BCUT2D eigenvalue weighted by molar-refractivity contribution is 7.19. The molecular formula is C9H13N5S. The minimum Gasteiger partial charge on any atom is -0.382 e. The van der Waals surface area contributed by atoms with E-state index in [1.165, 1.54) is 0 Å². The fourth-order valence-corrected chi connectivity index (χ4v) is 2.23. The number of thiazole rings is 1. The van der Waals surface area contributed by atoms with E-state index in [1.54, 1.807) is 11.3 Å². The van der Waals surface area contributed by atoms with Crippen molar-refractivity contribution in [3.63, 3.8) is 0 Å². The molecule has 15 heavy (non-hydrogen) atoms. The first-order chi connectivity index (χ1) is 7.08. The Balaban J connectivity index is 2.44. The molecule has 0 aromatic carbocycles. The first kappa shape index (κ1) is 9.97. The fraction of sp³-hybridized carbons (Fsp3) is 0.333. The molecule has 3 N–H and O–H groups in total. The highest BCUT2D eigenvalue weighted by atomic mass is 32.1. The summed E-state index contributed by atoms with van der Waals surface area (Å²) in [4.78, 5) is 7.52. The molecule has 0 radical (unpaired) electrons. The Morgan fingerprint density at radius 3 is 2.67 bits per heavy atom. The van der Waals surface area contributed by atoms with Crippen LogP contribution in [0.25, 0.3) is 10.6 Å². The van der Waals surface area contributed by atoms with E-state index in [1.807, 2.05) is 32.0 Å². The largest absolute Gasteiger partial charge is 0.382 e. The molecule has 6 heteroatoms. The average molecular weight is 223 g/mol. The maximum absolute atomic E-state index is 5.56. The van der Waals surface area contributed by atoms with Gasteiger partial charge in [0.05, 0.1) is 16.3 Å². The van der Waals surface area contributed by atoms with E-state index in [9.17, 15) is 0 Å². The van der Waals surface area contributed by atoms with Crippen molar-refractivity contribution < 1.29 is 0 Å². The summed E-state index contributed by atoms with van der Waals surface area (Å²) >= 11 is 1.62. The van der Waals surface area contributed by atoms with Gasteiger partial charge in [-0.2, -0.15) is 5.10 Å². The van der Waals surface area contributed by atoms with E-state index in [-0.39, 0.29) is 0 Å². The van der Waals surface area contributed by atoms with Crippen LogP contribution in [0.15, 0.2) is 6.07 Å². The summed E-state index contributed by atoms with van der Waals surface area (Å²) in [5.41, 5.74) is 7.48. The standard InChI is InChI=1S/C9H13N5S/c1-5-8(6-4-7(10)13-12-6)15-9(11-5)14(2)3/h4H,1-3H3,(H3,10,12,13). The molecule has 0 saturated heterocycles. The molecular weight excluding hydrogens is 210 g/mol. The van der Waals surface area contributed by atoms with Gasteiger partial charge in [-0.25, -0.2) is 4.98 Å². The molecule has 0 amide bonds. The lowest BCUT2D eigenvalue weighted by atomic mass is 10.3. The number of aryl methyl sites for hydroxylation is 1. The number of aromatic amines is 1. The predicted molar refractivity (Wildman–Crippen MR) is 63.2 cm³/mol. The van der Waals surface area contributed by atoms with E-state index in [2.05, 4.69) is 15.2 Å². The lowest BCUT2D eigenvalue weighted by Crippen LogP contribution is -2.07. The van der Waals surface area contributed by atoms with E-state index >= 15 is 0 Å². The van der Waals surface area contributed by atoms with Crippen molar-refractivity contribution in [3.8, 4) is 10.6 Å². The van der Waals surface area contributed by atoms with Crippen molar-refractivity contribution in [2.24, 2.45) is 0 Å². The van der Waals surface area contributed by atoms with Crippen molar-refractivity contribution in [2.75, 3.05) is 24.7 Å². The zero-order valence-electron chi connectivity index (χ0n) is 8.90. The minimum atomic E-state index is 0.504. The van der Waals surface area contributed by atoms with Crippen molar-refractivity contribution in [1.29, 1.82) is 0 Å². The normalized spacial score (nSPS) is 10.6. The van der Waals surface area contributed by atoms with Crippen LogP contribution in [0.2, 0.25) is 0 Å². The van der Waals surface area contributed by atoms with Crippen LogP contribution in [0.1, 0.15) is 5.69 Å². The van der Waals surface area contributed by atoms with E-state index in [4.69, 9.17) is 5.73 Å². The number of aromatic nitrogens is 3. The smallest absolute Gasteiger partial charge is 0.185 e. The van der Waals surface area contributed by atoms with Gasteiger partial charge in [0, 0.05) is 20.2 Å². The molecule has 80 valence electrons. The second kappa shape index (κ2) is 3.54. The van der Waals surface area contributed by atoms with Gasteiger partial charge < -0.3 is 10.6 Å². The summed E-state index contributed by atoms with van der Waals surface area (Å²) in [5.74, 6) is 0.504. The number of nitrogen functional groups attached to an aromatic ring is 1. The Morgan fingerprint density at radius 1 is 1.47 bits per heavy atom. The topological polar surface area (TPSA) is 70.8 Å². The summed E-state index contributed by atoms with van der Waals surface area (Å²) in [6.07, 6.45) is 0. The average Bonchev–Trinajstić information content (AvgIpc) is 2.71. The minimum absolute atomic E-state index is 0.504. The van der Waals surface area contributed by atoms with Crippen LogP contribution in [0.3, 0.4) is 0 Å². The molecule has 0 spiro atoms. The van der Waals surface area contributed by atoms with Crippen LogP contribution in [-0.2, 0) is 0 Å². The summed E-state index contributed by atoms with van der Waals surface area (Å²) in [6, 6.07) is 1.82. The van der Waals surface area contributed by atoms with Crippen molar-refractivity contribution in [1.82, 2.24) is 15.2 Å². The van der Waals surface area contributed by atoms with Gasteiger partial charge in [0.1, 0.15) is 5.82 Å². The highest BCUT2D eigenvalue weighted by Crippen LogP contribution is 2.32. The number of nitrogens with one attached hydrogen (secondary N) is 1. The lowest BCUT2D eigenvalue weighted by molar-refractivity contribution is 1.08. The van der Waals surface area contributed by atoms with Crippen LogP contribution in [0.4, 0.5) is 10.9 Å². The Kier molecular flexibility index (Phi) is 2.36. The van der Waals surface area contributed by atoms with Crippen LogP contribution in [0, 0.1) is 6.92 Å².